The maximum Gasteiger partial charge on any atom is 0.140 e. The normalized spacial score (nSPS) is 13.8. The van der Waals surface area contributed by atoms with Crippen LogP contribution >= 0.6 is 0 Å². The molecule has 0 unspecified atom stereocenters. The summed E-state index contributed by atoms with van der Waals surface area (Å²) in [5.41, 5.74) is 8.23. The molecule has 0 aliphatic carbocycles. The molecule has 3 heterocycles. The maximum atomic E-state index is 4.73. The van der Waals surface area contributed by atoms with Gasteiger partial charge in [0.05, 0.1) is 0 Å². The number of fused-ring (bicyclic) bond motifs is 1. The number of piperidine rings is 1. The van der Waals surface area contributed by atoms with E-state index in [0.29, 0.717) is 0 Å². The summed E-state index contributed by atoms with van der Waals surface area (Å²) in [7, 11) is 1.90. The summed E-state index contributed by atoms with van der Waals surface area (Å²) in [5.74, 6) is 0. The average molecular weight is 467 g/mol. The van der Waals surface area contributed by atoms with Crippen LogP contribution in [0.2, 0.25) is 0 Å². The van der Waals surface area contributed by atoms with Gasteiger partial charge in [0, 0.05) is 43.6 Å². The molecule has 0 spiro atoms. The second-order valence-corrected chi connectivity index (χ2v) is 9.00. The molecule has 2 aromatic heterocycles. The van der Waals surface area contributed by atoms with Gasteiger partial charge >= 0.3 is 0 Å². The van der Waals surface area contributed by atoms with E-state index in [-0.39, 0.29) is 0 Å². The van der Waals surface area contributed by atoms with E-state index in [4.69, 9.17) is 4.98 Å². The van der Waals surface area contributed by atoms with Gasteiger partial charge < -0.3 is 9.88 Å². The first kappa shape index (κ1) is 24.7. The highest BCUT2D eigenvalue weighted by Gasteiger charge is 2.13. The predicted molar refractivity (Wildman–Crippen MR) is 149 cm³/mol. The quantitative estimate of drug-likeness (QED) is 0.320. The molecule has 1 N–H and O–H groups in total. The molecule has 35 heavy (non-hydrogen) atoms. The molecule has 4 aromatic rings. The number of hydrogen-bond acceptors (Lipinski definition) is 3. The smallest absolute Gasteiger partial charge is 0.140 e. The molecule has 1 fully saturated rings. The Morgan fingerprint density at radius 1 is 0.914 bits per heavy atom. The van der Waals surface area contributed by atoms with Crippen molar-refractivity contribution < 1.29 is 0 Å². The van der Waals surface area contributed by atoms with E-state index in [0.717, 1.165) is 30.0 Å². The summed E-state index contributed by atoms with van der Waals surface area (Å²) in [6, 6.07) is 21.9. The minimum Gasteiger partial charge on any atom is -0.388 e. The molecular weight excluding hydrogens is 428 g/mol. The number of benzene rings is 2. The van der Waals surface area contributed by atoms with Gasteiger partial charge in [0.2, 0.25) is 0 Å². The van der Waals surface area contributed by atoms with Crippen molar-refractivity contribution in [1.29, 1.82) is 0 Å². The SMILES string of the molecule is C=C(NC)c1ccc(Cn2ccc3c(-c4cccc(CN5CCCCC5)c4)ccnc32)cc1.CC. The summed E-state index contributed by atoms with van der Waals surface area (Å²) in [6.45, 7) is 12.3. The summed E-state index contributed by atoms with van der Waals surface area (Å²) < 4.78 is 2.23. The van der Waals surface area contributed by atoms with Gasteiger partial charge in [0.15, 0.2) is 0 Å². The van der Waals surface area contributed by atoms with Crippen molar-refractivity contribution >= 4 is 16.7 Å². The molecule has 4 heteroatoms. The Morgan fingerprint density at radius 2 is 1.69 bits per heavy atom. The summed E-state index contributed by atoms with van der Waals surface area (Å²) in [6.07, 6.45) is 8.11. The lowest BCUT2D eigenvalue weighted by Crippen LogP contribution is -2.29. The van der Waals surface area contributed by atoms with Crippen molar-refractivity contribution in [2.24, 2.45) is 0 Å². The highest BCUT2D eigenvalue weighted by molar-refractivity contribution is 5.93. The van der Waals surface area contributed by atoms with E-state index in [9.17, 15) is 0 Å². The minimum absolute atomic E-state index is 0.793. The summed E-state index contributed by atoms with van der Waals surface area (Å²) in [5, 5.41) is 4.31. The van der Waals surface area contributed by atoms with Gasteiger partial charge in [-0.15, -0.1) is 0 Å². The molecule has 1 saturated heterocycles. The Balaban J connectivity index is 0.00000141. The minimum atomic E-state index is 0.793. The molecule has 182 valence electrons. The van der Waals surface area contributed by atoms with Crippen LogP contribution in [0.25, 0.3) is 27.9 Å². The fourth-order valence-electron chi connectivity index (χ4n) is 4.84. The average Bonchev–Trinajstić information content (AvgIpc) is 3.33. The second-order valence-electron chi connectivity index (χ2n) is 9.00. The van der Waals surface area contributed by atoms with Crippen molar-refractivity contribution in [1.82, 2.24) is 19.8 Å². The zero-order valence-electron chi connectivity index (χ0n) is 21.4. The van der Waals surface area contributed by atoms with Crippen LogP contribution in [-0.2, 0) is 13.1 Å². The largest absolute Gasteiger partial charge is 0.388 e. The van der Waals surface area contributed by atoms with Crippen molar-refractivity contribution in [3.05, 3.63) is 96.3 Å². The van der Waals surface area contributed by atoms with Crippen LogP contribution in [-0.4, -0.2) is 34.6 Å². The molecule has 0 bridgehead atoms. The molecule has 0 atom stereocenters. The lowest BCUT2D eigenvalue weighted by molar-refractivity contribution is 0.221. The number of rotatable bonds is 7. The van der Waals surface area contributed by atoms with Gasteiger partial charge in [-0.2, -0.15) is 0 Å². The van der Waals surface area contributed by atoms with Crippen LogP contribution < -0.4 is 5.32 Å². The number of hydrogen-bond donors (Lipinski definition) is 1. The zero-order valence-corrected chi connectivity index (χ0v) is 21.4. The lowest BCUT2D eigenvalue weighted by atomic mass is 10.0. The first-order chi connectivity index (χ1) is 17.2. The van der Waals surface area contributed by atoms with Crippen molar-refractivity contribution in [2.45, 2.75) is 46.2 Å². The number of nitrogens with one attached hydrogen (secondary N) is 1. The Kier molecular flexibility index (Phi) is 8.38. The van der Waals surface area contributed by atoms with Crippen LogP contribution in [0, 0.1) is 0 Å². The Bertz CT molecular complexity index is 1250. The fraction of sp³-hybridized carbons (Fsp3) is 0.323. The number of pyridine rings is 1. The van der Waals surface area contributed by atoms with Crippen molar-refractivity contribution in [2.75, 3.05) is 20.1 Å². The standard InChI is InChI=1S/C29H32N4.C2H6/c1-22(30-2)25-11-9-23(10-12-25)21-33-18-14-28-27(13-15-31-29(28)33)26-8-6-7-24(19-26)20-32-16-4-3-5-17-32;1-2/h6-15,18-19,30H,1,3-5,16-17,20-21H2,2H3;1-2H3. The second kappa shape index (κ2) is 11.9. The van der Waals surface area contributed by atoms with Crippen molar-refractivity contribution in [3.8, 4) is 11.1 Å². The predicted octanol–water partition coefficient (Wildman–Crippen LogP) is 6.95. The van der Waals surface area contributed by atoms with Gasteiger partial charge in [-0.05, 0) is 71.9 Å². The van der Waals surface area contributed by atoms with Gasteiger partial charge in [-0.1, -0.05) is 69.3 Å². The highest BCUT2D eigenvalue weighted by Crippen LogP contribution is 2.29. The first-order valence-corrected chi connectivity index (χ1v) is 12.9. The zero-order chi connectivity index (χ0) is 24.6. The Morgan fingerprint density at radius 3 is 2.43 bits per heavy atom. The molecular formula is C31H38N4. The number of likely N-dealkylation sites (tertiary alicyclic amines) is 1. The third kappa shape index (κ3) is 5.83. The molecule has 0 radical (unpaired) electrons. The Labute approximate surface area is 210 Å². The lowest BCUT2D eigenvalue weighted by Gasteiger charge is -2.26. The van der Waals surface area contributed by atoms with Gasteiger partial charge in [0.25, 0.3) is 0 Å². The van der Waals surface area contributed by atoms with Crippen LogP contribution in [0.1, 0.15) is 49.8 Å². The maximum absolute atomic E-state index is 4.73. The van der Waals surface area contributed by atoms with Gasteiger partial charge in [0.1, 0.15) is 5.65 Å². The van der Waals surface area contributed by atoms with E-state index in [1.807, 2.05) is 27.1 Å². The molecule has 1 aliphatic rings. The summed E-state index contributed by atoms with van der Waals surface area (Å²) in [4.78, 5) is 7.31. The topological polar surface area (TPSA) is 33.1 Å². The van der Waals surface area contributed by atoms with Crippen LogP contribution in [0.3, 0.4) is 0 Å². The van der Waals surface area contributed by atoms with Crippen LogP contribution in [0.15, 0.2) is 79.6 Å². The number of nitrogens with zero attached hydrogens (tertiary/aromatic N) is 3. The summed E-state index contributed by atoms with van der Waals surface area (Å²) >= 11 is 0. The van der Waals surface area contributed by atoms with E-state index >= 15 is 0 Å². The van der Waals surface area contributed by atoms with Crippen molar-refractivity contribution in [3.63, 3.8) is 0 Å². The van der Waals surface area contributed by atoms with Crippen LogP contribution in [0.5, 0.6) is 0 Å². The third-order valence-corrected chi connectivity index (χ3v) is 6.71. The Hall–Kier alpha value is -3.37. The van der Waals surface area contributed by atoms with E-state index < -0.39 is 0 Å². The first-order valence-electron chi connectivity index (χ1n) is 12.9. The molecule has 1 aliphatic heterocycles. The third-order valence-electron chi connectivity index (χ3n) is 6.71. The fourth-order valence-corrected chi connectivity index (χ4v) is 4.84. The van der Waals surface area contributed by atoms with Gasteiger partial charge in [-0.3, -0.25) is 4.90 Å². The molecule has 0 saturated carbocycles. The molecule has 2 aromatic carbocycles. The van der Waals surface area contributed by atoms with Crippen LogP contribution in [0.4, 0.5) is 0 Å². The molecule has 4 nitrogen and oxygen atoms in total. The molecule has 5 rings (SSSR count). The molecule has 0 amide bonds. The van der Waals surface area contributed by atoms with Gasteiger partial charge in [-0.25, -0.2) is 4.98 Å². The highest BCUT2D eigenvalue weighted by atomic mass is 15.1. The van der Waals surface area contributed by atoms with E-state index in [1.165, 1.54) is 60.0 Å². The monoisotopic (exact) mass is 466 g/mol. The van der Waals surface area contributed by atoms with E-state index in [1.54, 1.807) is 0 Å². The number of aromatic nitrogens is 2. The van der Waals surface area contributed by atoms with E-state index in [2.05, 4.69) is 88.2 Å².